The van der Waals surface area contributed by atoms with Crippen molar-refractivity contribution in [2.24, 2.45) is 0 Å². The lowest BCUT2D eigenvalue weighted by Gasteiger charge is -2.06. The van der Waals surface area contributed by atoms with Gasteiger partial charge in [0.05, 0.1) is 12.0 Å². The van der Waals surface area contributed by atoms with E-state index in [2.05, 4.69) is 5.32 Å². The van der Waals surface area contributed by atoms with Crippen LogP contribution in [-0.4, -0.2) is 24.5 Å². The van der Waals surface area contributed by atoms with Crippen LogP contribution >= 0.6 is 0 Å². The van der Waals surface area contributed by atoms with Gasteiger partial charge in [-0.3, -0.25) is 14.9 Å². The molecular weight excluding hydrogens is 296 g/mol. The van der Waals surface area contributed by atoms with Gasteiger partial charge in [-0.2, -0.15) is 0 Å². The van der Waals surface area contributed by atoms with Gasteiger partial charge in [0.1, 0.15) is 5.75 Å². The van der Waals surface area contributed by atoms with Crippen LogP contribution in [0, 0.1) is 10.1 Å². The molecule has 0 radical (unpaired) electrons. The van der Waals surface area contributed by atoms with Crippen LogP contribution in [0.3, 0.4) is 0 Å². The summed E-state index contributed by atoms with van der Waals surface area (Å²) >= 11 is 0. The molecule has 1 amide bonds. The average Bonchev–Trinajstić information content (AvgIpc) is 2.58. The van der Waals surface area contributed by atoms with Crippen LogP contribution in [0.15, 0.2) is 48.5 Å². The van der Waals surface area contributed by atoms with Crippen molar-refractivity contribution in [3.63, 3.8) is 0 Å². The van der Waals surface area contributed by atoms with Crippen molar-refractivity contribution in [3.8, 4) is 5.75 Å². The Morgan fingerprint density at radius 2 is 2.00 bits per heavy atom. The maximum Gasteiger partial charge on any atom is 0.270 e. The molecule has 0 aromatic heterocycles. The van der Waals surface area contributed by atoms with E-state index in [-0.39, 0.29) is 11.6 Å². The number of rotatable bonds is 7. The summed E-state index contributed by atoms with van der Waals surface area (Å²) in [4.78, 5) is 22.2. The van der Waals surface area contributed by atoms with E-state index < -0.39 is 4.92 Å². The van der Waals surface area contributed by atoms with Crippen LogP contribution in [0.1, 0.15) is 22.3 Å². The van der Waals surface area contributed by atoms with Crippen molar-refractivity contribution in [1.82, 2.24) is 5.32 Å². The fourth-order valence-corrected chi connectivity index (χ4v) is 2.19. The number of hydrogen-bond donors (Lipinski definition) is 1. The van der Waals surface area contributed by atoms with E-state index in [1.165, 1.54) is 18.2 Å². The summed E-state index contributed by atoms with van der Waals surface area (Å²) in [6, 6.07) is 13.5. The second-order valence-corrected chi connectivity index (χ2v) is 5.02. The first-order chi connectivity index (χ1) is 11.1. The van der Waals surface area contributed by atoms with E-state index in [9.17, 15) is 14.9 Å². The zero-order chi connectivity index (χ0) is 16.7. The molecule has 2 rings (SSSR count). The highest BCUT2D eigenvalue weighted by Gasteiger charge is 2.10. The number of methoxy groups -OCH3 is 1. The van der Waals surface area contributed by atoms with Crippen LogP contribution in [0.4, 0.5) is 5.69 Å². The van der Waals surface area contributed by atoms with Gasteiger partial charge < -0.3 is 10.1 Å². The van der Waals surface area contributed by atoms with Crippen molar-refractivity contribution >= 4 is 11.6 Å². The van der Waals surface area contributed by atoms with Crippen LogP contribution in [0.25, 0.3) is 0 Å². The van der Waals surface area contributed by atoms with Crippen molar-refractivity contribution < 1.29 is 14.5 Å². The van der Waals surface area contributed by atoms with Crippen molar-refractivity contribution in [2.75, 3.05) is 13.7 Å². The topological polar surface area (TPSA) is 81.5 Å². The van der Waals surface area contributed by atoms with Gasteiger partial charge in [-0.05, 0) is 36.6 Å². The van der Waals surface area contributed by atoms with E-state index in [0.717, 1.165) is 24.2 Å². The maximum atomic E-state index is 12.0. The molecule has 0 saturated heterocycles. The SMILES string of the molecule is COc1cccc(CCCNC(=O)c2cccc([N+](=O)[O-])c2)c1. The average molecular weight is 314 g/mol. The number of nitro benzene ring substituents is 1. The number of carbonyl (C=O) groups is 1. The number of aryl methyl sites for hydroxylation is 1. The van der Waals surface area contributed by atoms with E-state index in [4.69, 9.17) is 4.74 Å². The zero-order valence-corrected chi connectivity index (χ0v) is 12.8. The lowest BCUT2D eigenvalue weighted by molar-refractivity contribution is -0.384. The molecule has 2 aromatic carbocycles. The smallest absolute Gasteiger partial charge is 0.270 e. The van der Waals surface area contributed by atoms with Crippen LogP contribution < -0.4 is 10.1 Å². The fraction of sp³-hybridized carbons (Fsp3) is 0.235. The summed E-state index contributed by atoms with van der Waals surface area (Å²) in [6.07, 6.45) is 1.58. The lowest BCUT2D eigenvalue weighted by atomic mass is 10.1. The molecule has 0 unspecified atom stereocenters. The molecule has 0 spiro atoms. The molecular formula is C17H18N2O4. The Morgan fingerprint density at radius 1 is 1.22 bits per heavy atom. The molecule has 0 aliphatic rings. The van der Waals surface area contributed by atoms with Gasteiger partial charge >= 0.3 is 0 Å². The van der Waals surface area contributed by atoms with Crippen molar-refractivity contribution in [1.29, 1.82) is 0 Å². The van der Waals surface area contributed by atoms with Gasteiger partial charge in [0, 0.05) is 24.2 Å². The fourth-order valence-electron chi connectivity index (χ4n) is 2.19. The maximum absolute atomic E-state index is 12.0. The zero-order valence-electron chi connectivity index (χ0n) is 12.8. The van der Waals surface area contributed by atoms with Crippen LogP contribution in [0.2, 0.25) is 0 Å². The molecule has 23 heavy (non-hydrogen) atoms. The van der Waals surface area contributed by atoms with Crippen molar-refractivity contribution in [2.45, 2.75) is 12.8 Å². The van der Waals surface area contributed by atoms with Gasteiger partial charge in [0.2, 0.25) is 0 Å². The Bertz CT molecular complexity index is 700. The number of carbonyl (C=O) groups excluding carboxylic acids is 1. The number of ether oxygens (including phenoxy) is 1. The lowest BCUT2D eigenvalue weighted by Crippen LogP contribution is -2.24. The minimum atomic E-state index is -0.514. The van der Waals surface area contributed by atoms with Crippen LogP contribution in [-0.2, 0) is 6.42 Å². The Labute approximate surface area is 134 Å². The minimum absolute atomic E-state index is 0.0889. The standard InChI is InChI=1S/C17H18N2O4/c1-23-16-9-2-5-13(11-16)6-4-10-18-17(20)14-7-3-8-15(12-14)19(21)22/h2-3,5,7-9,11-12H,4,6,10H2,1H3,(H,18,20). The number of nitrogens with one attached hydrogen (secondary N) is 1. The van der Waals surface area contributed by atoms with Gasteiger partial charge in [-0.25, -0.2) is 0 Å². The molecule has 120 valence electrons. The van der Waals surface area contributed by atoms with Gasteiger partial charge in [0.25, 0.3) is 11.6 Å². The Kier molecular flexibility index (Phi) is 5.68. The predicted octanol–water partition coefficient (Wildman–Crippen LogP) is 2.97. The summed E-state index contributed by atoms with van der Waals surface area (Å²) in [6.45, 7) is 0.499. The third-order valence-corrected chi connectivity index (χ3v) is 3.38. The van der Waals surface area contributed by atoms with E-state index in [0.29, 0.717) is 12.1 Å². The molecule has 6 nitrogen and oxygen atoms in total. The third-order valence-electron chi connectivity index (χ3n) is 3.38. The first-order valence-corrected chi connectivity index (χ1v) is 7.26. The van der Waals surface area contributed by atoms with Crippen molar-refractivity contribution in [3.05, 3.63) is 69.8 Å². The van der Waals surface area contributed by atoms with E-state index in [1.54, 1.807) is 13.2 Å². The number of amides is 1. The summed E-state index contributed by atoms with van der Waals surface area (Å²) in [5, 5.41) is 13.5. The molecule has 0 bridgehead atoms. The van der Waals surface area contributed by atoms with Gasteiger partial charge in [-0.1, -0.05) is 18.2 Å². The Hall–Kier alpha value is -2.89. The Morgan fingerprint density at radius 3 is 2.74 bits per heavy atom. The number of nitrogens with zero attached hydrogens (tertiary/aromatic N) is 1. The minimum Gasteiger partial charge on any atom is -0.497 e. The number of hydrogen-bond acceptors (Lipinski definition) is 4. The molecule has 0 heterocycles. The highest BCUT2D eigenvalue weighted by molar-refractivity contribution is 5.94. The number of nitro groups is 1. The highest BCUT2D eigenvalue weighted by Crippen LogP contribution is 2.14. The highest BCUT2D eigenvalue weighted by atomic mass is 16.6. The summed E-state index contributed by atoms with van der Waals surface area (Å²) in [5.41, 5.74) is 1.34. The normalized spacial score (nSPS) is 10.1. The molecule has 0 aliphatic heterocycles. The second kappa shape index (κ2) is 7.93. The molecule has 0 saturated carbocycles. The molecule has 2 aromatic rings. The monoisotopic (exact) mass is 314 g/mol. The summed E-state index contributed by atoms with van der Waals surface area (Å²) < 4.78 is 5.16. The van der Waals surface area contributed by atoms with E-state index >= 15 is 0 Å². The van der Waals surface area contributed by atoms with Gasteiger partial charge in [-0.15, -0.1) is 0 Å². The first-order valence-electron chi connectivity index (χ1n) is 7.26. The number of non-ortho nitro benzene ring substituents is 1. The molecule has 1 N–H and O–H groups in total. The number of benzene rings is 2. The largest absolute Gasteiger partial charge is 0.497 e. The molecule has 0 aliphatic carbocycles. The summed E-state index contributed by atoms with van der Waals surface area (Å²) in [5.74, 6) is 0.502. The quantitative estimate of drug-likeness (QED) is 0.484. The second-order valence-electron chi connectivity index (χ2n) is 5.02. The molecule has 6 heteroatoms. The van der Waals surface area contributed by atoms with Crippen LogP contribution in [0.5, 0.6) is 5.75 Å². The van der Waals surface area contributed by atoms with Gasteiger partial charge in [0.15, 0.2) is 0 Å². The molecule has 0 atom stereocenters. The predicted molar refractivity (Wildman–Crippen MR) is 86.7 cm³/mol. The third kappa shape index (κ3) is 4.81. The van der Waals surface area contributed by atoms with E-state index in [1.807, 2.05) is 24.3 Å². The Balaban J connectivity index is 1.82. The molecule has 0 fully saturated rings. The summed E-state index contributed by atoms with van der Waals surface area (Å²) in [7, 11) is 1.62. The first kappa shape index (κ1) is 16.5.